The predicted octanol–water partition coefficient (Wildman–Crippen LogP) is 3.54. The second-order valence-electron chi connectivity index (χ2n) is 3.27. The van der Waals surface area contributed by atoms with Gasteiger partial charge in [0.2, 0.25) is 0 Å². The zero-order valence-electron chi connectivity index (χ0n) is 7.18. The summed E-state index contributed by atoms with van der Waals surface area (Å²) >= 11 is 3.48. The minimum Gasteiger partial charge on any atom is -0.0928 e. The van der Waals surface area contributed by atoms with E-state index in [4.69, 9.17) is 0 Å². The van der Waals surface area contributed by atoms with Gasteiger partial charge in [-0.15, -0.1) is 0 Å². The summed E-state index contributed by atoms with van der Waals surface area (Å²) < 4.78 is 0. The van der Waals surface area contributed by atoms with Crippen molar-refractivity contribution >= 4 is 15.9 Å². The van der Waals surface area contributed by atoms with Crippen molar-refractivity contribution in [2.24, 2.45) is 11.8 Å². The minimum atomic E-state index is 0.719. The van der Waals surface area contributed by atoms with Crippen molar-refractivity contribution in [3.63, 3.8) is 0 Å². The molecule has 1 rings (SSSR count). The third-order valence-electron chi connectivity index (χ3n) is 2.26. The molecule has 0 nitrogen and oxygen atoms in total. The summed E-state index contributed by atoms with van der Waals surface area (Å²) in [7, 11) is 0. The Kier molecular flexibility index (Phi) is 3.38. The minimum absolute atomic E-state index is 0.719. The number of rotatable bonds is 2. The normalized spacial score (nSPS) is 30.3. The van der Waals surface area contributed by atoms with E-state index in [0.29, 0.717) is 0 Å². The van der Waals surface area contributed by atoms with Gasteiger partial charge in [0.1, 0.15) is 0 Å². The van der Waals surface area contributed by atoms with Gasteiger partial charge >= 0.3 is 0 Å². The molecular formula is C10H15Br. The Morgan fingerprint density at radius 3 is 2.91 bits per heavy atom. The Morgan fingerprint density at radius 2 is 2.27 bits per heavy atom. The van der Waals surface area contributed by atoms with Crippen molar-refractivity contribution in [3.05, 3.63) is 23.8 Å². The van der Waals surface area contributed by atoms with Gasteiger partial charge in [0.05, 0.1) is 0 Å². The van der Waals surface area contributed by atoms with Crippen LogP contribution in [0, 0.1) is 11.8 Å². The summed E-state index contributed by atoms with van der Waals surface area (Å²) in [5.41, 5.74) is 1.41. The molecule has 1 aliphatic carbocycles. The highest BCUT2D eigenvalue weighted by Crippen LogP contribution is 2.25. The van der Waals surface area contributed by atoms with Crippen LogP contribution in [-0.4, -0.2) is 5.33 Å². The van der Waals surface area contributed by atoms with E-state index in [1.54, 1.807) is 0 Å². The molecule has 62 valence electrons. The van der Waals surface area contributed by atoms with E-state index in [2.05, 4.69) is 48.0 Å². The van der Waals surface area contributed by atoms with Gasteiger partial charge in [0.25, 0.3) is 0 Å². The van der Waals surface area contributed by atoms with E-state index in [0.717, 1.165) is 17.2 Å². The molecule has 0 aliphatic heterocycles. The molecule has 0 heterocycles. The average molecular weight is 215 g/mol. The molecule has 1 heteroatoms. The van der Waals surface area contributed by atoms with E-state index in [-0.39, 0.29) is 0 Å². The van der Waals surface area contributed by atoms with Crippen LogP contribution in [0.25, 0.3) is 0 Å². The van der Waals surface area contributed by atoms with E-state index < -0.39 is 0 Å². The third-order valence-corrected chi connectivity index (χ3v) is 2.72. The molecule has 0 spiro atoms. The SMILES string of the molecule is CC1=C[C@@H](CCBr)C(C)C=C1. The summed E-state index contributed by atoms with van der Waals surface area (Å²) in [5.74, 6) is 1.47. The van der Waals surface area contributed by atoms with Gasteiger partial charge in [-0.25, -0.2) is 0 Å². The largest absolute Gasteiger partial charge is 0.0928 e. The standard InChI is InChI=1S/C10H15Br/c1-8-3-4-9(2)10(7-8)5-6-11/h3-4,7,9-10H,5-6H2,1-2H3/t9?,10-/m1/s1. The second-order valence-corrected chi connectivity index (χ2v) is 4.06. The maximum Gasteiger partial charge on any atom is 0.00371 e. The van der Waals surface area contributed by atoms with Crippen LogP contribution < -0.4 is 0 Å². The van der Waals surface area contributed by atoms with Gasteiger partial charge in [0, 0.05) is 5.33 Å². The highest BCUT2D eigenvalue weighted by Gasteiger charge is 2.14. The van der Waals surface area contributed by atoms with Crippen molar-refractivity contribution in [2.75, 3.05) is 5.33 Å². The van der Waals surface area contributed by atoms with Gasteiger partial charge < -0.3 is 0 Å². The first-order valence-electron chi connectivity index (χ1n) is 4.16. The quantitative estimate of drug-likeness (QED) is 0.618. The molecule has 0 fully saturated rings. The Balaban J connectivity index is 2.58. The fourth-order valence-electron chi connectivity index (χ4n) is 1.46. The summed E-state index contributed by atoms with van der Waals surface area (Å²) in [6.45, 7) is 4.45. The zero-order chi connectivity index (χ0) is 8.27. The summed E-state index contributed by atoms with van der Waals surface area (Å²) in [6, 6.07) is 0. The van der Waals surface area contributed by atoms with Crippen LogP contribution >= 0.6 is 15.9 Å². The average Bonchev–Trinajstić information content (AvgIpc) is 1.98. The van der Waals surface area contributed by atoms with Crippen molar-refractivity contribution < 1.29 is 0 Å². The molecule has 0 aromatic rings. The van der Waals surface area contributed by atoms with Crippen LogP contribution in [0.3, 0.4) is 0 Å². The highest BCUT2D eigenvalue weighted by molar-refractivity contribution is 9.09. The summed E-state index contributed by atoms with van der Waals surface area (Å²) in [4.78, 5) is 0. The first kappa shape index (κ1) is 9.05. The van der Waals surface area contributed by atoms with Gasteiger partial charge in [-0.3, -0.25) is 0 Å². The Hall–Kier alpha value is -0.0400. The smallest absolute Gasteiger partial charge is 0.00371 e. The molecule has 0 N–H and O–H groups in total. The molecule has 0 aromatic carbocycles. The van der Waals surface area contributed by atoms with Crippen LogP contribution in [-0.2, 0) is 0 Å². The van der Waals surface area contributed by atoms with Crippen LogP contribution in [0.2, 0.25) is 0 Å². The number of hydrogen-bond donors (Lipinski definition) is 0. The maximum atomic E-state index is 3.48. The lowest BCUT2D eigenvalue weighted by Crippen LogP contribution is -2.10. The molecule has 11 heavy (non-hydrogen) atoms. The molecule has 0 saturated carbocycles. The zero-order valence-corrected chi connectivity index (χ0v) is 8.76. The Morgan fingerprint density at radius 1 is 1.55 bits per heavy atom. The monoisotopic (exact) mass is 214 g/mol. The van der Waals surface area contributed by atoms with Crippen molar-refractivity contribution in [1.82, 2.24) is 0 Å². The number of allylic oxidation sites excluding steroid dienone is 4. The fraction of sp³-hybridized carbons (Fsp3) is 0.600. The number of alkyl halides is 1. The molecule has 1 unspecified atom stereocenters. The second kappa shape index (κ2) is 4.10. The molecule has 0 saturated heterocycles. The van der Waals surface area contributed by atoms with Crippen molar-refractivity contribution in [3.8, 4) is 0 Å². The molecule has 0 bridgehead atoms. The van der Waals surface area contributed by atoms with Crippen LogP contribution in [0.5, 0.6) is 0 Å². The molecular weight excluding hydrogens is 200 g/mol. The third kappa shape index (κ3) is 2.48. The van der Waals surface area contributed by atoms with Crippen molar-refractivity contribution in [1.29, 1.82) is 0 Å². The van der Waals surface area contributed by atoms with E-state index in [1.807, 2.05) is 0 Å². The van der Waals surface area contributed by atoms with Crippen LogP contribution in [0.1, 0.15) is 20.3 Å². The van der Waals surface area contributed by atoms with Gasteiger partial charge in [-0.05, 0) is 25.2 Å². The molecule has 2 atom stereocenters. The number of halogens is 1. The lowest BCUT2D eigenvalue weighted by Gasteiger charge is -2.20. The number of hydrogen-bond acceptors (Lipinski definition) is 0. The van der Waals surface area contributed by atoms with E-state index in [1.165, 1.54) is 12.0 Å². The lowest BCUT2D eigenvalue weighted by molar-refractivity contribution is 0.493. The maximum absolute atomic E-state index is 3.48. The first-order chi connectivity index (χ1) is 5.24. The van der Waals surface area contributed by atoms with Crippen LogP contribution in [0.4, 0.5) is 0 Å². The van der Waals surface area contributed by atoms with Crippen LogP contribution in [0.15, 0.2) is 23.8 Å². The Bertz CT molecular complexity index is 179. The Labute approximate surface area is 77.5 Å². The molecule has 0 amide bonds. The van der Waals surface area contributed by atoms with Gasteiger partial charge in [-0.2, -0.15) is 0 Å². The molecule has 1 aliphatic rings. The topological polar surface area (TPSA) is 0 Å². The highest BCUT2D eigenvalue weighted by atomic mass is 79.9. The lowest BCUT2D eigenvalue weighted by atomic mass is 9.86. The van der Waals surface area contributed by atoms with Crippen molar-refractivity contribution in [2.45, 2.75) is 20.3 Å². The van der Waals surface area contributed by atoms with Gasteiger partial charge in [-0.1, -0.05) is 46.7 Å². The van der Waals surface area contributed by atoms with E-state index >= 15 is 0 Å². The van der Waals surface area contributed by atoms with Gasteiger partial charge in [0.15, 0.2) is 0 Å². The molecule has 0 radical (unpaired) electrons. The summed E-state index contributed by atoms with van der Waals surface area (Å²) in [6.07, 6.45) is 8.16. The predicted molar refractivity (Wildman–Crippen MR) is 54.0 cm³/mol. The molecule has 0 aromatic heterocycles. The summed E-state index contributed by atoms with van der Waals surface area (Å²) in [5, 5.41) is 1.11. The van der Waals surface area contributed by atoms with E-state index in [9.17, 15) is 0 Å². The first-order valence-corrected chi connectivity index (χ1v) is 5.29. The fourth-order valence-corrected chi connectivity index (χ4v) is 1.99.